The second-order valence-electron chi connectivity index (χ2n) is 12.3. The average Bonchev–Trinajstić information content (AvgIpc) is 3.20. The first-order valence-corrected chi connectivity index (χ1v) is 17.3. The van der Waals surface area contributed by atoms with Crippen LogP contribution in [0.25, 0.3) is 33.4 Å². The summed E-state index contributed by atoms with van der Waals surface area (Å²) in [7, 11) is 0. The first-order chi connectivity index (χ1) is 23.0. The van der Waals surface area contributed by atoms with Gasteiger partial charge in [-0.15, -0.1) is 11.8 Å². The van der Waals surface area contributed by atoms with Gasteiger partial charge in [0.25, 0.3) is 0 Å². The minimum Gasteiger partial charge on any atom is -0.310 e. The van der Waals surface area contributed by atoms with E-state index in [1.54, 1.807) is 0 Å². The van der Waals surface area contributed by atoms with Gasteiger partial charge < -0.3 is 4.90 Å². The summed E-state index contributed by atoms with van der Waals surface area (Å²) in [6.07, 6.45) is 9.81. The fourth-order valence-corrected chi connectivity index (χ4v) is 7.32. The minimum absolute atomic E-state index is 0.445. The molecule has 7 rings (SSSR count). The third kappa shape index (κ3) is 6.75. The largest absolute Gasteiger partial charge is 0.310 e. The van der Waals surface area contributed by atoms with Crippen molar-refractivity contribution < 1.29 is 0 Å². The Hall–Kier alpha value is -5.05. The lowest BCUT2D eigenvalue weighted by atomic mass is 9.96. The van der Waals surface area contributed by atoms with Crippen LogP contribution in [0.15, 0.2) is 169 Å². The summed E-state index contributed by atoms with van der Waals surface area (Å²) in [5, 5.41) is 0.445. The fraction of sp³-hybridized carbons (Fsp3) is 0.111. The quantitative estimate of drug-likeness (QED) is 0.181. The molecule has 6 aromatic carbocycles. The summed E-state index contributed by atoms with van der Waals surface area (Å²) in [6, 6.07) is 51.0. The molecule has 1 aliphatic heterocycles. The van der Waals surface area contributed by atoms with Crippen molar-refractivity contribution in [3.8, 4) is 33.4 Å². The highest BCUT2D eigenvalue weighted by Gasteiger charge is 2.18. The maximum atomic E-state index is 2.42. The van der Waals surface area contributed by atoms with E-state index in [9.17, 15) is 0 Å². The molecule has 1 atom stereocenters. The number of benzene rings is 6. The van der Waals surface area contributed by atoms with Crippen molar-refractivity contribution in [1.82, 2.24) is 0 Å². The van der Waals surface area contributed by atoms with Crippen LogP contribution in [0.4, 0.5) is 17.1 Å². The minimum atomic E-state index is 0.445. The molecule has 0 radical (unpaired) electrons. The summed E-state index contributed by atoms with van der Waals surface area (Å²) >= 11 is 1.93. The van der Waals surface area contributed by atoms with Gasteiger partial charge in [-0.1, -0.05) is 115 Å². The number of allylic oxidation sites excluding steroid dienone is 3. The SMILES string of the molecule is Cc1cccc(N(c2ccc(-c3ccc4c(c3)C/C=C\C=C/C(C)S4)cc2)c2cc(-c3ccccc3)cc(-c3ccccc3)c2)c1C. The maximum absolute atomic E-state index is 2.42. The number of thioether (sulfide) groups is 1. The summed E-state index contributed by atoms with van der Waals surface area (Å²) in [6.45, 7) is 6.69. The molecule has 2 heteroatoms. The number of aryl methyl sites for hydroxylation is 1. The Kier molecular flexibility index (Phi) is 8.95. The molecule has 0 amide bonds. The van der Waals surface area contributed by atoms with Crippen LogP contribution >= 0.6 is 11.8 Å². The maximum Gasteiger partial charge on any atom is 0.0493 e. The van der Waals surface area contributed by atoms with Gasteiger partial charge in [0.2, 0.25) is 0 Å². The molecule has 230 valence electrons. The molecule has 0 aromatic heterocycles. The van der Waals surface area contributed by atoms with E-state index in [2.05, 4.69) is 190 Å². The van der Waals surface area contributed by atoms with Crippen LogP contribution in [0, 0.1) is 13.8 Å². The van der Waals surface area contributed by atoms with Gasteiger partial charge in [-0.3, -0.25) is 0 Å². The average molecular weight is 626 g/mol. The van der Waals surface area contributed by atoms with Crippen LogP contribution in [-0.2, 0) is 6.42 Å². The number of anilines is 3. The van der Waals surface area contributed by atoms with Crippen molar-refractivity contribution in [3.05, 3.63) is 181 Å². The molecule has 1 heterocycles. The molecule has 0 saturated carbocycles. The number of fused-ring (bicyclic) bond motifs is 1. The van der Waals surface area contributed by atoms with Gasteiger partial charge in [-0.05, 0) is 126 Å². The third-order valence-electron chi connectivity index (χ3n) is 9.01. The molecule has 0 N–H and O–H groups in total. The molecule has 0 aliphatic carbocycles. The molecule has 1 unspecified atom stereocenters. The van der Waals surface area contributed by atoms with Crippen molar-refractivity contribution in [1.29, 1.82) is 0 Å². The Morgan fingerprint density at radius 1 is 0.553 bits per heavy atom. The zero-order chi connectivity index (χ0) is 32.2. The number of nitrogens with zero attached hydrogens (tertiary/aromatic N) is 1. The summed E-state index contributed by atoms with van der Waals surface area (Å²) in [4.78, 5) is 3.79. The van der Waals surface area contributed by atoms with E-state index in [0.29, 0.717) is 5.25 Å². The lowest BCUT2D eigenvalue weighted by molar-refractivity contribution is 1.17. The van der Waals surface area contributed by atoms with Crippen molar-refractivity contribution in [2.24, 2.45) is 0 Å². The fourth-order valence-electron chi connectivity index (χ4n) is 6.31. The zero-order valence-electron chi connectivity index (χ0n) is 27.2. The van der Waals surface area contributed by atoms with Gasteiger partial charge >= 0.3 is 0 Å². The normalized spacial score (nSPS) is 15.5. The van der Waals surface area contributed by atoms with Gasteiger partial charge in [0.1, 0.15) is 0 Å². The predicted molar refractivity (Wildman–Crippen MR) is 204 cm³/mol. The second-order valence-corrected chi connectivity index (χ2v) is 13.7. The Balaban J connectivity index is 1.34. The predicted octanol–water partition coefficient (Wildman–Crippen LogP) is 12.9. The molecular weight excluding hydrogens is 587 g/mol. The zero-order valence-corrected chi connectivity index (χ0v) is 28.0. The van der Waals surface area contributed by atoms with E-state index in [1.807, 2.05) is 11.8 Å². The molecule has 0 saturated heterocycles. The monoisotopic (exact) mass is 625 g/mol. The van der Waals surface area contributed by atoms with Gasteiger partial charge in [0.05, 0.1) is 0 Å². The first-order valence-electron chi connectivity index (χ1n) is 16.4. The van der Waals surface area contributed by atoms with Crippen molar-refractivity contribution in [2.45, 2.75) is 37.3 Å². The van der Waals surface area contributed by atoms with Crippen LogP contribution in [0.5, 0.6) is 0 Å². The topological polar surface area (TPSA) is 3.24 Å². The highest BCUT2D eigenvalue weighted by Crippen LogP contribution is 2.42. The van der Waals surface area contributed by atoms with Crippen molar-refractivity contribution in [3.63, 3.8) is 0 Å². The summed E-state index contributed by atoms with van der Waals surface area (Å²) in [5.74, 6) is 0. The molecule has 1 aliphatic rings. The van der Waals surface area contributed by atoms with Crippen LogP contribution in [0.1, 0.15) is 23.6 Å². The lowest BCUT2D eigenvalue weighted by Gasteiger charge is -2.29. The van der Waals surface area contributed by atoms with Crippen LogP contribution < -0.4 is 4.90 Å². The molecule has 1 nitrogen and oxygen atoms in total. The Bertz CT molecular complexity index is 2000. The van der Waals surface area contributed by atoms with E-state index in [0.717, 1.165) is 17.8 Å². The second kappa shape index (κ2) is 13.7. The lowest BCUT2D eigenvalue weighted by Crippen LogP contribution is -2.12. The Morgan fingerprint density at radius 3 is 1.87 bits per heavy atom. The van der Waals surface area contributed by atoms with Crippen LogP contribution in [0.3, 0.4) is 0 Å². The molecule has 6 aromatic rings. The van der Waals surface area contributed by atoms with Gasteiger partial charge in [-0.25, -0.2) is 0 Å². The third-order valence-corrected chi connectivity index (χ3v) is 10.2. The van der Waals surface area contributed by atoms with Crippen LogP contribution in [-0.4, -0.2) is 5.25 Å². The van der Waals surface area contributed by atoms with E-state index < -0.39 is 0 Å². The highest BCUT2D eigenvalue weighted by molar-refractivity contribution is 8.00. The molecule has 0 bridgehead atoms. The molecule has 0 fully saturated rings. The van der Waals surface area contributed by atoms with Crippen molar-refractivity contribution in [2.75, 3.05) is 4.90 Å². The first kappa shape index (κ1) is 30.6. The van der Waals surface area contributed by atoms with E-state index in [1.165, 1.54) is 60.7 Å². The summed E-state index contributed by atoms with van der Waals surface area (Å²) in [5.41, 5.74) is 14.7. The number of hydrogen-bond acceptors (Lipinski definition) is 2. The van der Waals surface area contributed by atoms with Gasteiger partial charge in [0, 0.05) is 27.2 Å². The molecular formula is C45H39NS. The smallest absolute Gasteiger partial charge is 0.0493 e. The number of rotatable bonds is 6. The van der Waals surface area contributed by atoms with Gasteiger partial charge in [0.15, 0.2) is 0 Å². The molecule has 0 spiro atoms. The van der Waals surface area contributed by atoms with Crippen molar-refractivity contribution >= 4 is 28.8 Å². The Morgan fingerprint density at radius 2 is 1.19 bits per heavy atom. The summed E-state index contributed by atoms with van der Waals surface area (Å²) < 4.78 is 0. The molecule has 47 heavy (non-hydrogen) atoms. The number of hydrogen-bond donors (Lipinski definition) is 0. The van der Waals surface area contributed by atoms with E-state index in [4.69, 9.17) is 0 Å². The van der Waals surface area contributed by atoms with Gasteiger partial charge in [-0.2, -0.15) is 0 Å². The standard InChI is InChI=1S/C45H39NS/c1-32-14-13-21-44(34(32)3)46(43-30-40(35-16-8-5-9-17-35)29-41(31-43)36-18-10-6-11-19-36)42-25-22-37(23-26-42)38-24-27-45-39(28-38)20-12-4-7-15-33(2)47-45/h4-19,21-31,33H,20H2,1-3H3/b12-4-,15-7-. The van der Waals surface area contributed by atoms with Crippen LogP contribution in [0.2, 0.25) is 0 Å². The Labute approximate surface area is 283 Å². The highest BCUT2D eigenvalue weighted by atomic mass is 32.2. The van der Waals surface area contributed by atoms with E-state index >= 15 is 0 Å². The van der Waals surface area contributed by atoms with E-state index in [-0.39, 0.29) is 0 Å².